The second-order valence-corrected chi connectivity index (χ2v) is 12.5. The third kappa shape index (κ3) is 8.56. The van der Waals surface area contributed by atoms with E-state index in [-0.39, 0.29) is 48.9 Å². The molecule has 1 aromatic carbocycles. The molecule has 1 amide bonds. The molecule has 1 aliphatic heterocycles. The van der Waals surface area contributed by atoms with E-state index in [2.05, 4.69) is 16.4 Å². The van der Waals surface area contributed by atoms with E-state index < -0.39 is 23.5 Å². The third-order valence-corrected chi connectivity index (χ3v) is 8.62. The van der Waals surface area contributed by atoms with Crippen molar-refractivity contribution in [2.24, 2.45) is 11.8 Å². The van der Waals surface area contributed by atoms with Crippen molar-refractivity contribution in [3.8, 4) is 5.75 Å². The van der Waals surface area contributed by atoms with Crippen LogP contribution in [0.3, 0.4) is 0 Å². The Labute approximate surface area is 244 Å². The molecule has 220 valence electrons. The molecule has 9 nitrogen and oxygen atoms in total. The maximum atomic E-state index is 13.8. The number of carbonyl (C=O) groups is 4. The van der Waals surface area contributed by atoms with Gasteiger partial charge in [0.15, 0.2) is 16.7 Å². The Hall–Kier alpha value is -3.37. The molecule has 1 fully saturated rings. The lowest BCUT2D eigenvalue weighted by Gasteiger charge is -2.24. The Bertz CT molecular complexity index is 1300. The normalized spacial score (nSPS) is 20.0. The summed E-state index contributed by atoms with van der Waals surface area (Å²) in [5, 5.41) is 3.29. The number of methoxy groups -OCH3 is 1. The molecule has 10 heteroatoms. The van der Waals surface area contributed by atoms with Crippen molar-refractivity contribution in [2.75, 3.05) is 19.5 Å². The van der Waals surface area contributed by atoms with Crippen LogP contribution < -0.4 is 15.8 Å². The molecular formula is C31H39N3O6S. The molecule has 41 heavy (non-hydrogen) atoms. The van der Waals surface area contributed by atoms with Crippen LogP contribution in [0.2, 0.25) is 0 Å². The number of anilines is 1. The van der Waals surface area contributed by atoms with Crippen molar-refractivity contribution >= 4 is 39.7 Å². The van der Waals surface area contributed by atoms with Gasteiger partial charge in [-0.05, 0) is 56.7 Å². The van der Waals surface area contributed by atoms with Crippen LogP contribution in [0.4, 0.5) is 5.13 Å². The standard InChI is InChI=1S/C31H39N3O6S/c1-19(12-23(35)16-25-17-33-30(32)41-25)29(38)34-26(14-21-8-10-24(39-3)11-9-21)27(36)15-22(13-20-6-4-5-7-20)28(37)31(2)18-40-31/h6,8-11,17,19,22,26H,4-5,7,12-16,18H2,1-3H3,(H2,32,33)(H,34,38)/t19-,22-,26+,31-/m1/s1. The van der Waals surface area contributed by atoms with Gasteiger partial charge in [0.1, 0.15) is 17.1 Å². The summed E-state index contributed by atoms with van der Waals surface area (Å²) in [6.07, 6.45) is 7.68. The smallest absolute Gasteiger partial charge is 0.223 e. The number of epoxide rings is 1. The SMILES string of the molecule is COc1ccc(C[C@H](NC(=O)[C@H](C)CC(=O)Cc2cnc(N)s2)C(=O)C[C@@H](CC2=CCCC2)C(=O)[C@@]2(C)CO2)cc1. The van der Waals surface area contributed by atoms with E-state index in [0.717, 1.165) is 29.7 Å². The summed E-state index contributed by atoms with van der Waals surface area (Å²) in [7, 11) is 1.58. The molecular weight excluding hydrogens is 542 g/mol. The Morgan fingerprint density at radius 1 is 1.17 bits per heavy atom. The van der Waals surface area contributed by atoms with Gasteiger partial charge in [0.2, 0.25) is 5.91 Å². The average molecular weight is 582 g/mol. The second kappa shape index (κ2) is 13.5. The maximum absolute atomic E-state index is 13.8. The molecule has 1 saturated heterocycles. The monoisotopic (exact) mass is 581 g/mol. The van der Waals surface area contributed by atoms with Gasteiger partial charge in [-0.3, -0.25) is 19.2 Å². The topological polar surface area (TPSA) is 141 Å². The van der Waals surface area contributed by atoms with Crippen LogP contribution in [0.15, 0.2) is 42.1 Å². The molecule has 3 N–H and O–H groups in total. The third-order valence-electron chi connectivity index (χ3n) is 7.79. The molecule has 0 bridgehead atoms. The van der Waals surface area contributed by atoms with Crippen molar-refractivity contribution in [3.63, 3.8) is 0 Å². The van der Waals surface area contributed by atoms with Gasteiger partial charge >= 0.3 is 0 Å². The first-order valence-electron chi connectivity index (χ1n) is 14.1. The zero-order valence-corrected chi connectivity index (χ0v) is 24.8. The molecule has 0 unspecified atom stereocenters. The number of nitrogens with two attached hydrogens (primary N) is 1. The van der Waals surface area contributed by atoms with Crippen LogP contribution in [-0.4, -0.2) is 53.6 Å². The Morgan fingerprint density at radius 2 is 1.90 bits per heavy atom. The first kappa shape index (κ1) is 30.6. The van der Waals surface area contributed by atoms with Crippen LogP contribution in [0.5, 0.6) is 5.75 Å². The molecule has 1 aliphatic carbocycles. The molecule has 1 aromatic heterocycles. The van der Waals surface area contributed by atoms with E-state index >= 15 is 0 Å². The van der Waals surface area contributed by atoms with Gasteiger partial charge in [-0.2, -0.15) is 0 Å². The number of aromatic nitrogens is 1. The number of rotatable bonds is 16. The summed E-state index contributed by atoms with van der Waals surface area (Å²) in [5.74, 6) is -1.23. The maximum Gasteiger partial charge on any atom is 0.223 e. The minimum Gasteiger partial charge on any atom is -0.497 e. The van der Waals surface area contributed by atoms with Crippen molar-refractivity contribution in [1.82, 2.24) is 10.3 Å². The number of allylic oxidation sites excluding steroid dienone is 2. The highest BCUT2D eigenvalue weighted by atomic mass is 32.1. The summed E-state index contributed by atoms with van der Waals surface area (Å²) in [4.78, 5) is 57.7. The first-order valence-corrected chi connectivity index (χ1v) is 14.9. The van der Waals surface area contributed by atoms with Gasteiger partial charge in [-0.25, -0.2) is 4.98 Å². The van der Waals surface area contributed by atoms with Gasteiger partial charge in [0.25, 0.3) is 0 Å². The van der Waals surface area contributed by atoms with E-state index in [1.165, 1.54) is 16.9 Å². The fourth-order valence-electron chi connectivity index (χ4n) is 5.23. The van der Waals surface area contributed by atoms with Crippen molar-refractivity contribution in [3.05, 3.63) is 52.6 Å². The highest BCUT2D eigenvalue weighted by Gasteiger charge is 2.50. The van der Waals surface area contributed by atoms with Crippen molar-refractivity contribution in [1.29, 1.82) is 0 Å². The number of hydrogen-bond acceptors (Lipinski definition) is 9. The summed E-state index contributed by atoms with van der Waals surface area (Å²) < 4.78 is 10.7. The number of nitrogens with zero attached hydrogens (tertiary/aromatic N) is 1. The number of Topliss-reactive ketones (excluding diaryl/α,β-unsaturated/α-hetero) is 3. The van der Waals surface area contributed by atoms with Crippen LogP contribution in [0.1, 0.15) is 62.8 Å². The molecule has 0 radical (unpaired) electrons. The van der Waals surface area contributed by atoms with Gasteiger partial charge in [0.05, 0.1) is 19.8 Å². The lowest BCUT2D eigenvalue weighted by molar-refractivity contribution is -0.134. The van der Waals surface area contributed by atoms with Gasteiger partial charge in [0, 0.05) is 42.2 Å². The van der Waals surface area contributed by atoms with E-state index in [1.54, 1.807) is 39.3 Å². The highest BCUT2D eigenvalue weighted by Crippen LogP contribution is 2.35. The molecule has 0 spiro atoms. The van der Waals surface area contributed by atoms with Crippen LogP contribution in [-0.2, 0) is 36.8 Å². The van der Waals surface area contributed by atoms with Crippen molar-refractivity contribution < 1.29 is 28.7 Å². The Balaban J connectivity index is 1.46. The number of ketones is 3. The Morgan fingerprint density at radius 3 is 2.49 bits per heavy atom. The van der Waals surface area contributed by atoms with Crippen LogP contribution in [0.25, 0.3) is 0 Å². The fourth-order valence-corrected chi connectivity index (χ4v) is 5.94. The van der Waals surface area contributed by atoms with Crippen molar-refractivity contribution in [2.45, 2.75) is 76.9 Å². The van der Waals surface area contributed by atoms with E-state index in [1.807, 2.05) is 12.1 Å². The number of hydrogen-bond donors (Lipinski definition) is 2. The number of amides is 1. The minimum absolute atomic E-state index is 0.0103. The van der Waals surface area contributed by atoms with E-state index in [9.17, 15) is 19.2 Å². The number of nitrogens with one attached hydrogen (secondary N) is 1. The summed E-state index contributed by atoms with van der Waals surface area (Å²) in [5.41, 5.74) is 6.86. The lowest BCUT2D eigenvalue weighted by Crippen LogP contribution is -2.46. The van der Waals surface area contributed by atoms with Gasteiger partial charge < -0.3 is 20.5 Å². The van der Waals surface area contributed by atoms with E-state index in [4.69, 9.17) is 15.2 Å². The zero-order chi connectivity index (χ0) is 29.6. The highest BCUT2D eigenvalue weighted by molar-refractivity contribution is 7.15. The average Bonchev–Trinajstić information content (AvgIpc) is 3.28. The summed E-state index contributed by atoms with van der Waals surface area (Å²) in [6.45, 7) is 3.81. The predicted molar refractivity (Wildman–Crippen MR) is 157 cm³/mol. The van der Waals surface area contributed by atoms with Gasteiger partial charge in [-0.15, -0.1) is 11.3 Å². The van der Waals surface area contributed by atoms with Crippen LogP contribution >= 0.6 is 11.3 Å². The number of carbonyl (C=O) groups excluding carboxylic acids is 4. The quantitative estimate of drug-likeness (QED) is 0.224. The summed E-state index contributed by atoms with van der Waals surface area (Å²) >= 11 is 1.25. The fraction of sp³-hybridized carbons (Fsp3) is 0.516. The number of benzene rings is 1. The molecule has 2 heterocycles. The minimum atomic E-state index is -0.851. The largest absolute Gasteiger partial charge is 0.497 e. The Kier molecular flexibility index (Phi) is 10.1. The van der Waals surface area contributed by atoms with Crippen LogP contribution in [0, 0.1) is 11.8 Å². The van der Waals surface area contributed by atoms with Gasteiger partial charge in [-0.1, -0.05) is 30.7 Å². The molecule has 4 rings (SSSR count). The number of nitrogen functional groups attached to an aromatic ring is 1. The molecule has 4 atom stereocenters. The number of ether oxygens (including phenoxy) is 2. The zero-order valence-electron chi connectivity index (χ0n) is 23.9. The lowest BCUT2D eigenvalue weighted by atomic mass is 9.83. The second-order valence-electron chi connectivity index (χ2n) is 11.3. The number of thiazole rings is 1. The predicted octanol–water partition coefficient (Wildman–Crippen LogP) is 4.03. The molecule has 2 aliphatic rings. The molecule has 2 aromatic rings. The molecule has 0 saturated carbocycles. The first-order chi connectivity index (χ1) is 19.6. The summed E-state index contributed by atoms with van der Waals surface area (Å²) in [6, 6.07) is 6.45. The van der Waals surface area contributed by atoms with E-state index in [0.29, 0.717) is 23.9 Å².